The van der Waals surface area contributed by atoms with Crippen LogP contribution in [0.5, 0.6) is 5.75 Å². The molecule has 1 aromatic rings. The summed E-state index contributed by atoms with van der Waals surface area (Å²) in [5.41, 5.74) is 0.851. The van der Waals surface area contributed by atoms with Crippen LogP contribution in [0.2, 0.25) is 0 Å². The summed E-state index contributed by atoms with van der Waals surface area (Å²) in [6.07, 6.45) is 1.81. The SMILES string of the molecule is CC1=CC(C)(CN(C(=O)CCl)c2c(C)cccc2OC(F)F)N=N1. The zero-order valence-electron chi connectivity index (χ0n) is 13.6. The van der Waals surface area contributed by atoms with Gasteiger partial charge in [0.2, 0.25) is 5.91 Å². The van der Waals surface area contributed by atoms with Crippen LogP contribution >= 0.6 is 11.6 Å². The predicted octanol–water partition coefficient (Wildman–Crippen LogP) is 4.30. The van der Waals surface area contributed by atoms with Crippen molar-refractivity contribution in [2.45, 2.75) is 32.9 Å². The van der Waals surface area contributed by atoms with Gasteiger partial charge in [0.25, 0.3) is 0 Å². The molecule has 1 aliphatic rings. The van der Waals surface area contributed by atoms with E-state index in [1.165, 1.54) is 11.0 Å². The Balaban J connectivity index is 2.46. The van der Waals surface area contributed by atoms with E-state index in [4.69, 9.17) is 11.6 Å². The highest BCUT2D eigenvalue weighted by Crippen LogP contribution is 2.36. The number of amides is 1. The van der Waals surface area contributed by atoms with Crippen LogP contribution in [0.4, 0.5) is 14.5 Å². The van der Waals surface area contributed by atoms with Gasteiger partial charge in [-0.2, -0.15) is 19.0 Å². The minimum atomic E-state index is -3.00. The monoisotopic (exact) mass is 357 g/mol. The van der Waals surface area contributed by atoms with Gasteiger partial charge in [-0.3, -0.25) is 4.79 Å². The van der Waals surface area contributed by atoms with Crippen LogP contribution < -0.4 is 9.64 Å². The molecular formula is C16H18ClF2N3O2. The average Bonchev–Trinajstić information content (AvgIpc) is 2.84. The molecule has 0 N–H and O–H groups in total. The zero-order chi connectivity index (χ0) is 17.9. The third-order valence-corrected chi connectivity index (χ3v) is 3.76. The number of carbonyl (C=O) groups is 1. The van der Waals surface area contributed by atoms with Gasteiger partial charge in [-0.15, -0.1) is 11.6 Å². The minimum Gasteiger partial charge on any atom is -0.433 e. The summed E-state index contributed by atoms with van der Waals surface area (Å²) in [6, 6.07) is 4.69. The normalized spacial score (nSPS) is 19.5. The van der Waals surface area contributed by atoms with Gasteiger partial charge in [-0.05, 0) is 38.5 Å². The highest BCUT2D eigenvalue weighted by molar-refractivity contribution is 6.29. The minimum absolute atomic E-state index is 0.0808. The summed E-state index contributed by atoms with van der Waals surface area (Å²) in [7, 11) is 0. The van der Waals surface area contributed by atoms with Crippen molar-refractivity contribution < 1.29 is 18.3 Å². The second-order valence-corrected chi connectivity index (χ2v) is 6.02. The number of hydrogen-bond acceptors (Lipinski definition) is 4. The zero-order valence-corrected chi connectivity index (χ0v) is 14.3. The van der Waals surface area contributed by atoms with E-state index in [0.29, 0.717) is 5.56 Å². The van der Waals surface area contributed by atoms with Crippen LogP contribution in [0.1, 0.15) is 19.4 Å². The number of rotatable bonds is 6. The van der Waals surface area contributed by atoms with Crippen molar-refractivity contribution >= 4 is 23.2 Å². The molecule has 0 saturated carbocycles. The Hall–Kier alpha value is -2.02. The molecule has 0 spiro atoms. The van der Waals surface area contributed by atoms with Gasteiger partial charge in [0, 0.05) is 0 Å². The van der Waals surface area contributed by atoms with Gasteiger partial charge in [-0.25, -0.2) is 0 Å². The molecule has 2 rings (SSSR count). The average molecular weight is 358 g/mol. The van der Waals surface area contributed by atoms with E-state index in [0.717, 1.165) is 5.70 Å². The summed E-state index contributed by atoms with van der Waals surface area (Å²) in [4.78, 5) is 13.7. The van der Waals surface area contributed by atoms with Crippen molar-refractivity contribution in [1.82, 2.24) is 0 Å². The Labute approximate surface area is 144 Å². The lowest BCUT2D eigenvalue weighted by Crippen LogP contribution is -2.43. The number of carbonyl (C=O) groups excluding carboxylic acids is 1. The van der Waals surface area contributed by atoms with E-state index < -0.39 is 18.1 Å². The Kier molecular flexibility index (Phi) is 5.54. The number of aryl methyl sites for hydroxylation is 1. The first-order valence-corrected chi connectivity index (χ1v) is 7.82. The molecule has 0 bridgehead atoms. The van der Waals surface area contributed by atoms with Crippen molar-refractivity contribution in [2.24, 2.45) is 10.2 Å². The number of nitrogens with zero attached hydrogens (tertiary/aromatic N) is 3. The maximum Gasteiger partial charge on any atom is 0.387 e. The second kappa shape index (κ2) is 7.25. The molecule has 0 saturated heterocycles. The molecule has 0 aromatic heterocycles. The first-order chi connectivity index (χ1) is 11.3. The fourth-order valence-corrected chi connectivity index (χ4v) is 2.78. The summed E-state index contributed by atoms with van der Waals surface area (Å²) < 4.78 is 30.0. The van der Waals surface area contributed by atoms with Crippen LogP contribution in [0.15, 0.2) is 40.2 Å². The number of anilines is 1. The lowest BCUT2D eigenvalue weighted by Gasteiger charge is -2.30. The molecule has 0 radical (unpaired) electrons. The number of benzene rings is 1. The van der Waals surface area contributed by atoms with Crippen LogP contribution in [0.25, 0.3) is 0 Å². The largest absolute Gasteiger partial charge is 0.433 e. The highest BCUT2D eigenvalue weighted by Gasteiger charge is 2.33. The summed E-state index contributed by atoms with van der Waals surface area (Å²) in [5.74, 6) is -0.805. The smallest absolute Gasteiger partial charge is 0.387 e. The number of alkyl halides is 3. The maximum absolute atomic E-state index is 12.7. The lowest BCUT2D eigenvalue weighted by atomic mass is 10.0. The second-order valence-electron chi connectivity index (χ2n) is 5.76. The van der Waals surface area contributed by atoms with Crippen molar-refractivity contribution in [2.75, 3.05) is 17.3 Å². The third kappa shape index (κ3) is 4.08. The number of para-hydroxylation sites is 1. The van der Waals surface area contributed by atoms with E-state index in [1.54, 1.807) is 32.9 Å². The fraction of sp³-hybridized carbons (Fsp3) is 0.438. The molecule has 1 aliphatic heterocycles. The number of allylic oxidation sites excluding steroid dienone is 1. The number of azo groups is 1. The van der Waals surface area contributed by atoms with E-state index >= 15 is 0 Å². The van der Waals surface area contributed by atoms with E-state index in [-0.39, 0.29) is 23.9 Å². The van der Waals surface area contributed by atoms with Crippen LogP contribution in [-0.2, 0) is 4.79 Å². The van der Waals surface area contributed by atoms with Gasteiger partial charge in [0.15, 0.2) is 0 Å². The van der Waals surface area contributed by atoms with E-state index in [2.05, 4.69) is 15.0 Å². The molecule has 24 heavy (non-hydrogen) atoms. The van der Waals surface area contributed by atoms with Crippen LogP contribution in [0, 0.1) is 6.92 Å². The number of ether oxygens (including phenoxy) is 1. The molecule has 0 fully saturated rings. The molecule has 0 aliphatic carbocycles. The molecule has 5 nitrogen and oxygen atoms in total. The fourth-order valence-electron chi connectivity index (χ4n) is 2.63. The molecule has 1 unspecified atom stereocenters. The number of hydrogen-bond donors (Lipinski definition) is 0. The molecule has 1 atom stereocenters. The molecular weight excluding hydrogens is 340 g/mol. The maximum atomic E-state index is 12.7. The van der Waals surface area contributed by atoms with Gasteiger partial charge < -0.3 is 9.64 Å². The van der Waals surface area contributed by atoms with E-state index in [9.17, 15) is 13.6 Å². The first-order valence-electron chi connectivity index (χ1n) is 7.29. The molecule has 1 heterocycles. The Morgan fingerprint density at radius 1 is 1.42 bits per heavy atom. The van der Waals surface area contributed by atoms with Crippen molar-refractivity contribution in [3.63, 3.8) is 0 Å². The first kappa shape index (κ1) is 18.3. The molecule has 1 aromatic carbocycles. The standard InChI is InChI=1S/C16H18ClF2N3O2/c1-10-5-4-6-12(24-15(18)19)14(10)22(13(23)8-17)9-16(3)7-11(2)20-21-16/h4-7,15H,8-9H2,1-3H3. The van der Waals surface area contributed by atoms with E-state index in [1.807, 2.05) is 6.08 Å². The lowest BCUT2D eigenvalue weighted by molar-refractivity contribution is -0.116. The van der Waals surface area contributed by atoms with Crippen LogP contribution in [0.3, 0.4) is 0 Å². The van der Waals surface area contributed by atoms with Crippen molar-refractivity contribution in [1.29, 1.82) is 0 Å². The number of halogens is 3. The van der Waals surface area contributed by atoms with Crippen molar-refractivity contribution in [3.05, 3.63) is 35.5 Å². The van der Waals surface area contributed by atoms with Gasteiger partial charge in [-0.1, -0.05) is 12.1 Å². The summed E-state index contributed by atoms with van der Waals surface area (Å²) in [6.45, 7) is 2.42. The highest BCUT2D eigenvalue weighted by atomic mass is 35.5. The molecule has 1 amide bonds. The molecule has 8 heteroatoms. The van der Waals surface area contributed by atoms with Gasteiger partial charge in [0.1, 0.15) is 17.2 Å². The summed E-state index contributed by atoms with van der Waals surface area (Å²) >= 11 is 5.72. The quantitative estimate of drug-likeness (QED) is 0.713. The van der Waals surface area contributed by atoms with Gasteiger partial charge in [0.05, 0.1) is 17.9 Å². The Morgan fingerprint density at radius 3 is 2.67 bits per heavy atom. The topological polar surface area (TPSA) is 54.3 Å². The third-order valence-electron chi connectivity index (χ3n) is 3.54. The van der Waals surface area contributed by atoms with Crippen molar-refractivity contribution in [3.8, 4) is 5.75 Å². The van der Waals surface area contributed by atoms with Gasteiger partial charge >= 0.3 is 6.61 Å². The molecule has 130 valence electrons. The van der Waals surface area contributed by atoms with Crippen LogP contribution in [-0.4, -0.2) is 30.5 Å². The predicted molar refractivity (Wildman–Crippen MR) is 87.9 cm³/mol. The Morgan fingerprint density at radius 2 is 2.12 bits per heavy atom. The summed E-state index contributed by atoms with van der Waals surface area (Å²) in [5, 5.41) is 8.14. The Bertz CT molecular complexity index is 694.